The lowest BCUT2D eigenvalue weighted by atomic mass is 9.60. The number of likely N-dealkylation sites (tertiary alicyclic amines) is 1. The maximum absolute atomic E-state index is 13.8. The summed E-state index contributed by atoms with van der Waals surface area (Å²) in [5, 5.41) is 10.1. The number of carbonyl (C=O) groups excluding carboxylic acids is 1. The molecule has 1 saturated heterocycles. The number of nitrogens with one attached hydrogen (secondary N) is 1. The first-order valence-corrected chi connectivity index (χ1v) is 11.4. The van der Waals surface area contributed by atoms with Gasteiger partial charge in [0.25, 0.3) is 0 Å². The number of nitrogens with zero attached hydrogens (tertiary/aromatic N) is 1. The average Bonchev–Trinajstić information content (AvgIpc) is 3.23. The van der Waals surface area contributed by atoms with Gasteiger partial charge >= 0.3 is 18.2 Å². The number of halogens is 5. The molecule has 1 heterocycles. The molecule has 0 atom stereocenters. The predicted octanol–water partition coefficient (Wildman–Crippen LogP) is 5.01. The van der Waals surface area contributed by atoms with Gasteiger partial charge in [-0.2, -0.15) is 13.2 Å². The zero-order valence-electron chi connectivity index (χ0n) is 18.7. The number of hydrogen-bond donors (Lipinski definition) is 2. The lowest BCUT2D eigenvalue weighted by molar-refractivity contribution is -0.192. The van der Waals surface area contributed by atoms with Crippen molar-refractivity contribution in [2.24, 2.45) is 5.41 Å². The van der Waals surface area contributed by atoms with Crippen molar-refractivity contribution < 1.29 is 41.4 Å². The number of rotatable bonds is 4. The summed E-state index contributed by atoms with van der Waals surface area (Å²) < 4.78 is 64.4. The first kappa shape index (κ1) is 26.2. The van der Waals surface area contributed by atoms with Gasteiger partial charge in [-0.25, -0.2) is 18.4 Å². The second-order valence-corrected chi connectivity index (χ2v) is 9.38. The molecule has 3 aliphatic rings. The van der Waals surface area contributed by atoms with Crippen molar-refractivity contribution >= 4 is 12.1 Å². The standard InChI is InChI=1S/C21H28F2N2O2.C2HF3O2/c22-16-5-6-19(23)15(11-16)14-25-9-7-21(8-10-25)12-17(13-21)24-20(26)27-18-3-1-2-4-18;3-2(4,5)1(6)7/h5-6,11,17-18H,1-4,7-10,12-14H2,(H,24,26);(H,6,7). The SMILES string of the molecule is O=C(NC1CC2(CCN(Cc3cc(F)ccc3F)CC2)C1)OC1CCCC1.O=C(O)C(F)(F)F. The second-order valence-electron chi connectivity index (χ2n) is 9.38. The Kier molecular flexibility index (Phi) is 8.38. The van der Waals surface area contributed by atoms with Crippen molar-refractivity contribution in [1.82, 2.24) is 10.2 Å². The maximum atomic E-state index is 13.8. The third-order valence-corrected chi connectivity index (χ3v) is 6.82. The zero-order chi connectivity index (χ0) is 24.9. The summed E-state index contributed by atoms with van der Waals surface area (Å²) in [5.41, 5.74) is 0.719. The Morgan fingerprint density at radius 1 is 1.12 bits per heavy atom. The van der Waals surface area contributed by atoms with Gasteiger partial charge in [0.15, 0.2) is 0 Å². The largest absolute Gasteiger partial charge is 0.490 e. The summed E-state index contributed by atoms with van der Waals surface area (Å²) in [5.74, 6) is -3.49. The number of hydrogen-bond acceptors (Lipinski definition) is 4. The molecule has 3 fully saturated rings. The first-order valence-electron chi connectivity index (χ1n) is 11.4. The molecule has 0 aromatic heterocycles. The Hall–Kier alpha value is -2.43. The molecule has 34 heavy (non-hydrogen) atoms. The maximum Gasteiger partial charge on any atom is 0.490 e. The van der Waals surface area contributed by atoms with Crippen LogP contribution in [0.4, 0.5) is 26.7 Å². The molecule has 6 nitrogen and oxygen atoms in total. The fraction of sp³-hybridized carbons (Fsp3) is 0.652. The summed E-state index contributed by atoms with van der Waals surface area (Å²) in [4.78, 5) is 23.1. The molecule has 11 heteroatoms. The van der Waals surface area contributed by atoms with Crippen LogP contribution in [0.15, 0.2) is 18.2 Å². The molecule has 0 bridgehead atoms. The van der Waals surface area contributed by atoms with Crippen LogP contribution in [-0.2, 0) is 16.1 Å². The van der Waals surface area contributed by atoms with Crippen LogP contribution in [-0.4, -0.2) is 53.5 Å². The van der Waals surface area contributed by atoms with Crippen LogP contribution in [0, 0.1) is 17.0 Å². The van der Waals surface area contributed by atoms with E-state index >= 15 is 0 Å². The number of alkyl carbamates (subject to hydrolysis) is 1. The van der Waals surface area contributed by atoms with Crippen molar-refractivity contribution in [3.8, 4) is 0 Å². The molecule has 0 radical (unpaired) electrons. The van der Waals surface area contributed by atoms with Gasteiger partial charge in [0, 0.05) is 18.2 Å². The number of carbonyl (C=O) groups is 2. The Morgan fingerprint density at radius 3 is 2.26 bits per heavy atom. The highest BCUT2D eigenvalue weighted by Gasteiger charge is 2.46. The number of amides is 1. The van der Waals surface area contributed by atoms with Crippen molar-refractivity contribution in [2.45, 2.75) is 76.2 Å². The molecule has 190 valence electrons. The number of aliphatic carboxylic acids is 1. The van der Waals surface area contributed by atoms with Crippen molar-refractivity contribution in [1.29, 1.82) is 0 Å². The Balaban J connectivity index is 0.000000406. The minimum atomic E-state index is -5.08. The van der Waals surface area contributed by atoms with Crippen molar-refractivity contribution in [3.05, 3.63) is 35.4 Å². The summed E-state index contributed by atoms with van der Waals surface area (Å²) >= 11 is 0. The summed E-state index contributed by atoms with van der Waals surface area (Å²) in [6.45, 7) is 2.22. The van der Waals surface area contributed by atoms with Gasteiger partial charge in [-0.05, 0) is 88.1 Å². The van der Waals surface area contributed by atoms with E-state index in [2.05, 4.69) is 10.2 Å². The molecular weight excluding hydrogens is 463 g/mol. The van der Waals surface area contributed by atoms with E-state index in [9.17, 15) is 26.7 Å². The molecule has 0 unspecified atom stereocenters. The summed E-state index contributed by atoms with van der Waals surface area (Å²) in [7, 11) is 0. The van der Waals surface area contributed by atoms with Crippen LogP contribution < -0.4 is 5.32 Å². The predicted molar refractivity (Wildman–Crippen MR) is 112 cm³/mol. The van der Waals surface area contributed by atoms with E-state index in [-0.39, 0.29) is 24.1 Å². The summed E-state index contributed by atoms with van der Waals surface area (Å²) in [6.07, 6.45) is 3.11. The van der Waals surface area contributed by atoms with Crippen LogP contribution >= 0.6 is 0 Å². The van der Waals surface area contributed by atoms with Gasteiger partial charge in [-0.1, -0.05) is 0 Å². The van der Waals surface area contributed by atoms with Crippen LogP contribution in [0.3, 0.4) is 0 Å². The molecular formula is C23H29F5N2O4. The number of benzene rings is 1. The number of alkyl halides is 3. The van der Waals surface area contributed by atoms with Gasteiger partial charge in [0.05, 0.1) is 0 Å². The quantitative estimate of drug-likeness (QED) is 0.578. The molecule has 1 aromatic carbocycles. The third kappa shape index (κ3) is 7.28. The van der Waals surface area contributed by atoms with Crippen LogP contribution in [0.25, 0.3) is 0 Å². The van der Waals surface area contributed by atoms with Crippen molar-refractivity contribution in [2.75, 3.05) is 13.1 Å². The minimum Gasteiger partial charge on any atom is -0.475 e. The summed E-state index contributed by atoms with van der Waals surface area (Å²) in [6, 6.07) is 3.86. The van der Waals surface area contributed by atoms with Crippen LogP contribution in [0.2, 0.25) is 0 Å². The third-order valence-electron chi connectivity index (χ3n) is 6.82. The van der Waals surface area contributed by atoms with E-state index < -0.39 is 18.0 Å². The average molecular weight is 492 g/mol. The fourth-order valence-corrected chi connectivity index (χ4v) is 4.95. The van der Waals surface area contributed by atoms with Gasteiger partial charge in [-0.15, -0.1) is 0 Å². The van der Waals surface area contributed by atoms with Crippen LogP contribution in [0.5, 0.6) is 0 Å². The molecule has 2 N–H and O–H groups in total. The number of ether oxygens (including phenoxy) is 1. The number of carboxylic acid groups (broad SMARTS) is 1. The van der Waals surface area contributed by atoms with E-state index in [1.165, 1.54) is 12.1 Å². The first-order chi connectivity index (χ1) is 16.0. The Bertz CT molecular complexity index is 857. The smallest absolute Gasteiger partial charge is 0.475 e. The van der Waals surface area contributed by atoms with E-state index in [4.69, 9.17) is 14.6 Å². The second kappa shape index (κ2) is 10.9. The number of carboxylic acids is 1. The van der Waals surface area contributed by atoms with E-state index in [1.54, 1.807) is 0 Å². The highest BCUT2D eigenvalue weighted by atomic mass is 19.4. The van der Waals surface area contributed by atoms with Gasteiger partial charge in [0.2, 0.25) is 0 Å². The lowest BCUT2D eigenvalue weighted by Gasteiger charge is -2.52. The molecule has 1 aromatic rings. The Labute approximate surface area is 194 Å². The molecule has 1 amide bonds. The van der Waals surface area contributed by atoms with E-state index in [1.807, 2.05) is 0 Å². The fourth-order valence-electron chi connectivity index (χ4n) is 4.95. The van der Waals surface area contributed by atoms with Gasteiger partial charge < -0.3 is 15.2 Å². The highest BCUT2D eigenvalue weighted by molar-refractivity contribution is 5.73. The monoisotopic (exact) mass is 492 g/mol. The lowest BCUT2D eigenvalue weighted by Crippen LogP contribution is -2.55. The Morgan fingerprint density at radius 2 is 1.71 bits per heavy atom. The normalized spacial score (nSPS) is 20.9. The minimum absolute atomic E-state index is 0.102. The van der Waals surface area contributed by atoms with Crippen molar-refractivity contribution in [3.63, 3.8) is 0 Å². The molecule has 2 saturated carbocycles. The molecule has 1 spiro atoms. The molecule has 1 aliphatic heterocycles. The van der Waals surface area contributed by atoms with E-state index in [0.717, 1.165) is 70.5 Å². The zero-order valence-corrected chi connectivity index (χ0v) is 18.7. The van der Waals surface area contributed by atoms with Gasteiger partial charge in [0.1, 0.15) is 17.7 Å². The highest BCUT2D eigenvalue weighted by Crippen LogP contribution is 2.49. The number of piperidine rings is 1. The molecule has 2 aliphatic carbocycles. The van der Waals surface area contributed by atoms with Gasteiger partial charge in [-0.3, -0.25) is 4.90 Å². The topological polar surface area (TPSA) is 78.9 Å². The van der Waals surface area contributed by atoms with E-state index in [0.29, 0.717) is 17.5 Å². The molecule has 4 rings (SSSR count). The van der Waals surface area contributed by atoms with Crippen LogP contribution in [0.1, 0.15) is 56.9 Å².